The number of nitrogens with zero attached hydrogens (tertiary/aromatic N) is 2. The van der Waals surface area contributed by atoms with E-state index in [0.29, 0.717) is 0 Å². The van der Waals surface area contributed by atoms with Gasteiger partial charge in [0, 0.05) is 5.56 Å². The molecule has 0 amide bonds. The molecule has 3 heteroatoms. The molecule has 1 aliphatic carbocycles. The Bertz CT molecular complexity index is 2290. The molecular weight excluding hydrogens is 619 g/mol. The minimum atomic E-state index is -0.230. The Hall–Kier alpha value is -6.32. The molecule has 0 aromatic heterocycles. The largest absolute Gasteiger partial charge is 0.344 e. The quantitative estimate of drug-likeness (QED) is 0.174. The van der Waals surface area contributed by atoms with E-state index in [-0.39, 0.29) is 6.17 Å². The van der Waals surface area contributed by atoms with E-state index in [2.05, 4.69) is 177 Å². The smallest absolute Gasteiger partial charge is 0.159 e. The molecule has 0 saturated carbocycles. The van der Waals surface area contributed by atoms with Crippen LogP contribution in [-0.4, -0.2) is 11.7 Å². The lowest BCUT2D eigenvalue weighted by Crippen LogP contribution is -2.34. The predicted octanol–water partition coefficient (Wildman–Crippen LogP) is 12.0. The van der Waals surface area contributed by atoms with Gasteiger partial charge >= 0.3 is 0 Å². The van der Waals surface area contributed by atoms with Crippen molar-refractivity contribution < 1.29 is 0 Å². The molecule has 0 saturated heterocycles. The fourth-order valence-corrected chi connectivity index (χ4v) is 7.16. The highest BCUT2D eigenvalue weighted by atomic mass is 15.2. The Balaban J connectivity index is 1.25. The van der Waals surface area contributed by atoms with Crippen LogP contribution < -0.4 is 5.32 Å². The van der Waals surface area contributed by atoms with Crippen molar-refractivity contribution >= 4 is 17.7 Å². The molecule has 6 aromatic rings. The Labute approximate surface area is 300 Å². The number of aliphatic imine (C=N–C) groups is 2. The van der Waals surface area contributed by atoms with Crippen LogP contribution in [0.3, 0.4) is 0 Å². The van der Waals surface area contributed by atoms with E-state index >= 15 is 0 Å². The molecule has 0 fully saturated rings. The molecule has 1 aliphatic heterocycles. The van der Waals surface area contributed by atoms with Crippen molar-refractivity contribution in [3.05, 3.63) is 198 Å². The van der Waals surface area contributed by atoms with Crippen LogP contribution in [0.2, 0.25) is 0 Å². The van der Waals surface area contributed by atoms with Gasteiger partial charge in [0.1, 0.15) is 12.0 Å². The lowest BCUT2D eigenvalue weighted by molar-refractivity contribution is 0.670. The first kappa shape index (κ1) is 31.9. The Morgan fingerprint density at radius 1 is 0.627 bits per heavy atom. The van der Waals surface area contributed by atoms with E-state index in [1.165, 1.54) is 27.8 Å². The van der Waals surface area contributed by atoms with Gasteiger partial charge in [-0.05, 0) is 105 Å². The standard InChI is InChI=1S/C48H39N3/c1-3-41-44(40-31-38(34-18-8-4-9-19-34)30-39(32-40)35-20-10-5-11-21-35)28-17-29-45(41)42-26-16-27-43(33(42)2)48-50-46(36-22-12-6-13-23-36)49-47(51-48)37-24-14-7-15-25-37/h3-14,16-24,26-32,46H,1,15,25H2,2H3,(H,49,50,51). The molecule has 6 aromatic carbocycles. The van der Waals surface area contributed by atoms with E-state index in [1.807, 2.05) is 12.1 Å². The van der Waals surface area contributed by atoms with Crippen LogP contribution in [0.15, 0.2) is 186 Å². The molecule has 1 unspecified atom stereocenters. The zero-order valence-electron chi connectivity index (χ0n) is 28.8. The highest BCUT2D eigenvalue weighted by Gasteiger charge is 2.24. The number of amidine groups is 2. The molecule has 1 heterocycles. The van der Waals surface area contributed by atoms with Gasteiger partial charge in [-0.3, -0.25) is 0 Å². The van der Waals surface area contributed by atoms with Crippen molar-refractivity contribution in [2.75, 3.05) is 0 Å². The van der Waals surface area contributed by atoms with Gasteiger partial charge in [0.05, 0.1) is 0 Å². The SMILES string of the molecule is C=Cc1c(-c2cc(-c3ccccc3)cc(-c3ccccc3)c2)cccc1-c1cccc(C2=NC(c3ccccc3)NC(C3=CC=CCC3)=N2)c1C. The van der Waals surface area contributed by atoms with Crippen LogP contribution in [0.4, 0.5) is 0 Å². The monoisotopic (exact) mass is 657 g/mol. The maximum Gasteiger partial charge on any atom is 0.159 e. The summed E-state index contributed by atoms with van der Waals surface area (Å²) in [5, 5.41) is 3.63. The Kier molecular flexibility index (Phi) is 8.93. The predicted molar refractivity (Wildman–Crippen MR) is 216 cm³/mol. The van der Waals surface area contributed by atoms with E-state index in [0.717, 1.165) is 69.0 Å². The summed E-state index contributed by atoms with van der Waals surface area (Å²) < 4.78 is 0. The van der Waals surface area contributed by atoms with Gasteiger partial charge in [0.25, 0.3) is 0 Å². The first-order chi connectivity index (χ1) is 25.2. The van der Waals surface area contributed by atoms with Crippen molar-refractivity contribution in [1.82, 2.24) is 5.32 Å². The topological polar surface area (TPSA) is 36.8 Å². The summed E-state index contributed by atoms with van der Waals surface area (Å²) in [7, 11) is 0. The Morgan fingerprint density at radius 3 is 1.84 bits per heavy atom. The number of benzene rings is 6. The van der Waals surface area contributed by atoms with Crippen LogP contribution >= 0.6 is 0 Å². The lowest BCUT2D eigenvalue weighted by atomic mass is 9.86. The van der Waals surface area contributed by atoms with Crippen LogP contribution in [0.1, 0.15) is 41.3 Å². The highest BCUT2D eigenvalue weighted by Crippen LogP contribution is 2.39. The van der Waals surface area contributed by atoms with E-state index in [1.54, 1.807) is 0 Å². The van der Waals surface area contributed by atoms with Crippen LogP contribution in [0, 0.1) is 6.92 Å². The second-order valence-corrected chi connectivity index (χ2v) is 13.0. The molecule has 246 valence electrons. The van der Waals surface area contributed by atoms with E-state index < -0.39 is 0 Å². The van der Waals surface area contributed by atoms with Crippen LogP contribution in [0.5, 0.6) is 0 Å². The first-order valence-corrected chi connectivity index (χ1v) is 17.6. The summed E-state index contributed by atoms with van der Waals surface area (Å²) in [6.45, 7) is 6.53. The number of hydrogen-bond acceptors (Lipinski definition) is 3. The number of allylic oxidation sites excluding steroid dienone is 3. The summed E-state index contributed by atoms with van der Waals surface area (Å²) >= 11 is 0. The van der Waals surface area contributed by atoms with Gasteiger partial charge in [-0.1, -0.05) is 158 Å². The summed E-state index contributed by atoms with van der Waals surface area (Å²) in [6, 6.07) is 51.6. The fraction of sp³-hybridized carbons (Fsp3) is 0.0833. The summed E-state index contributed by atoms with van der Waals surface area (Å²) in [4.78, 5) is 10.4. The Morgan fingerprint density at radius 2 is 1.22 bits per heavy atom. The van der Waals surface area contributed by atoms with Crippen molar-refractivity contribution in [2.45, 2.75) is 25.9 Å². The van der Waals surface area contributed by atoms with Gasteiger partial charge in [0.2, 0.25) is 0 Å². The minimum absolute atomic E-state index is 0.230. The third kappa shape index (κ3) is 6.54. The van der Waals surface area contributed by atoms with Crippen molar-refractivity contribution in [3.8, 4) is 44.5 Å². The first-order valence-electron chi connectivity index (χ1n) is 17.6. The lowest BCUT2D eigenvalue weighted by Gasteiger charge is -2.26. The molecule has 3 nitrogen and oxygen atoms in total. The summed E-state index contributed by atoms with van der Waals surface area (Å²) in [5.41, 5.74) is 14.9. The van der Waals surface area contributed by atoms with Gasteiger partial charge < -0.3 is 5.32 Å². The van der Waals surface area contributed by atoms with E-state index in [4.69, 9.17) is 9.98 Å². The van der Waals surface area contributed by atoms with Crippen molar-refractivity contribution in [1.29, 1.82) is 0 Å². The van der Waals surface area contributed by atoms with E-state index in [9.17, 15) is 0 Å². The van der Waals surface area contributed by atoms with Gasteiger partial charge in [-0.25, -0.2) is 9.98 Å². The van der Waals surface area contributed by atoms with Gasteiger partial charge in [-0.15, -0.1) is 0 Å². The second-order valence-electron chi connectivity index (χ2n) is 13.0. The zero-order chi connectivity index (χ0) is 34.6. The molecule has 8 rings (SSSR count). The maximum atomic E-state index is 5.20. The van der Waals surface area contributed by atoms with Crippen molar-refractivity contribution in [2.24, 2.45) is 9.98 Å². The van der Waals surface area contributed by atoms with Gasteiger partial charge in [0.15, 0.2) is 5.84 Å². The minimum Gasteiger partial charge on any atom is -0.344 e. The molecule has 1 atom stereocenters. The summed E-state index contributed by atoms with van der Waals surface area (Å²) in [6.07, 6.45) is 10.2. The molecular formula is C48H39N3. The molecule has 0 bridgehead atoms. The van der Waals surface area contributed by atoms with Crippen molar-refractivity contribution in [3.63, 3.8) is 0 Å². The second kappa shape index (κ2) is 14.3. The number of hydrogen-bond donors (Lipinski definition) is 1. The molecule has 2 aliphatic rings. The fourth-order valence-electron chi connectivity index (χ4n) is 7.16. The van der Waals surface area contributed by atoms with Crippen LogP contribution in [0.25, 0.3) is 50.6 Å². The summed E-state index contributed by atoms with van der Waals surface area (Å²) in [5.74, 6) is 1.64. The highest BCUT2D eigenvalue weighted by molar-refractivity contribution is 6.14. The average molecular weight is 658 g/mol. The molecule has 0 spiro atoms. The average Bonchev–Trinajstić information content (AvgIpc) is 3.21. The molecule has 1 N–H and O–H groups in total. The molecule has 51 heavy (non-hydrogen) atoms. The third-order valence-electron chi connectivity index (χ3n) is 9.81. The zero-order valence-corrected chi connectivity index (χ0v) is 28.8. The number of nitrogens with one attached hydrogen (secondary N) is 1. The maximum absolute atomic E-state index is 5.20. The van der Waals surface area contributed by atoms with Gasteiger partial charge in [-0.2, -0.15) is 0 Å². The normalized spacial score (nSPS) is 15.3. The third-order valence-corrected chi connectivity index (χ3v) is 9.81. The molecule has 0 radical (unpaired) electrons. The number of rotatable bonds is 8. The van der Waals surface area contributed by atoms with Crippen LogP contribution in [-0.2, 0) is 0 Å².